The molecule has 0 saturated heterocycles. The van der Waals surface area contributed by atoms with Crippen molar-refractivity contribution in [3.05, 3.63) is 126 Å². The Bertz CT molecular complexity index is 1010. The van der Waals surface area contributed by atoms with Crippen molar-refractivity contribution in [2.75, 3.05) is 6.61 Å². The minimum Gasteiger partial charge on any atom is -0.418 e. The molecule has 4 aromatic rings. The zero-order valence-electron chi connectivity index (χ0n) is 19.2. The maximum atomic E-state index is 6.04. The van der Waals surface area contributed by atoms with Crippen LogP contribution in [0.1, 0.15) is 28.8 Å². The van der Waals surface area contributed by atoms with Crippen molar-refractivity contribution in [1.29, 1.82) is 0 Å². The number of hydrogen-bond donors (Lipinski definition) is 0. The summed E-state index contributed by atoms with van der Waals surface area (Å²) in [6.07, 6.45) is 6.09. The summed E-state index contributed by atoms with van der Waals surface area (Å²) in [4.78, 5) is 4.81. The second-order valence-corrected chi connectivity index (χ2v) is 13.7. The molecule has 4 heteroatoms. The molecule has 0 unspecified atom stereocenters. The first-order valence-electron chi connectivity index (χ1n) is 11.3. The number of aryl methyl sites for hydroxylation is 1. The van der Waals surface area contributed by atoms with Crippen LogP contribution in [0.4, 0.5) is 0 Å². The molecule has 0 aliphatic heterocycles. The van der Waals surface area contributed by atoms with Crippen molar-refractivity contribution in [1.82, 2.24) is 9.55 Å². The van der Waals surface area contributed by atoms with Gasteiger partial charge in [-0.1, -0.05) is 91.0 Å². The van der Waals surface area contributed by atoms with Crippen LogP contribution < -0.4 is 0 Å². The van der Waals surface area contributed by atoms with E-state index in [1.165, 1.54) is 16.7 Å². The van der Waals surface area contributed by atoms with E-state index in [4.69, 9.17) is 9.41 Å². The molecule has 0 radical (unpaired) electrons. The second kappa shape index (κ2) is 9.68. The maximum Gasteiger partial charge on any atom is 0.183 e. The van der Waals surface area contributed by atoms with Gasteiger partial charge in [-0.05, 0) is 49.2 Å². The molecule has 0 amide bonds. The molecule has 0 aliphatic rings. The molecule has 1 aromatic heterocycles. The van der Waals surface area contributed by atoms with Gasteiger partial charge in [0.2, 0.25) is 0 Å². The molecule has 0 fully saturated rings. The topological polar surface area (TPSA) is 27.1 Å². The lowest BCUT2D eigenvalue weighted by Crippen LogP contribution is -2.36. The van der Waals surface area contributed by atoms with Crippen molar-refractivity contribution in [2.24, 2.45) is 0 Å². The van der Waals surface area contributed by atoms with Crippen molar-refractivity contribution < 1.29 is 4.43 Å². The third-order valence-electron chi connectivity index (χ3n) is 5.71. The minimum absolute atomic E-state index is 0.496. The zero-order chi connectivity index (χ0) is 22.4. The van der Waals surface area contributed by atoms with Gasteiger partial charge in [0, 0.05) is 12.8 Å². The Kier molecular flexibility index (Phi) is 6.73. The van der Waals surface area contributed by atoms with Gasteiger partial charge in [0.05, 0.1) is 12.0 Å². The molecule has 1 heterocycles. The Balaban J connectivity index is 1.78. The lowest BCUT2D eigenvalue weighted by Gasteiger charge is -2.37. The van der Waals surface area contributed by atoms with Gasteiger partial charge >= 0.3 is 0 Å². The third kappa shape index (κ3) is 4.77. The van der Waals surface area contributed by atoms with E-state index in [2.05, 4.69) is 121 Å². The Morgan fingerprint density at radius 2 is 1.22 bits per heavy atom. The van der Waals surface area contributed by atoms with Crippen LogP contribution in [0.25, 0.3) is 0 Å². The highest BCUT2D eigenvalue weighted by atomic mass is 28.4. The molecular formula is C28H32N2OSi. The smallest absolute Gasteiger partial charge is 0.183 e. The third-order valence-corrected chi connectivity index (χ3v) is 6.78. The van der Waals surface area contributed by atoms with E-state index in [1.54, 1.807) is 0 Å². The van der Waals surface area contributed by atoms with E-state index < -0.39 is 13.9 Å². The van der Waals surface area contributed by atoms with Crippen molar-refractivity contribution in [3.63, 3.8) is 0 Å². The summed E-state index contributed by atoms with van der Waals surface area (Å²) in [7, 11) is -1.48. The standard InChI is InChI=1S/C28H32N2OSi/c1-32(2,3)31-21-13-20-27-22-30(23-29-27)28(24-14-7-4-8-15-24,25-16-9-5-10-17-25)26-18-11-6-12-19-26/h4-12,14-19,22-23H,13,20-21H2,1-3H3. The summed E-state index contributed by atoms with van der Waals surface area (Å²) in [6.45, 7) is 7.49. The number of nitrogens with zero attached hydrogens (tertiary/aromatic N) is 2. The van der Waals surface area contributed by atoms with E-state index in [9.17, 15) is 0 Å². The van der Waals surface area contributed by atoms with Crippen molar-refractivity contribution in [2.45, 2.75) is 38.0 Å². The summed E-state index contributed by atoms with van der Waals surface area (Å²) < 4.78 is 8.32. The largest absolute Gasteiger partial charge is 0.418 e. The quantitative estimate of drug-likeness (QED) is 0.169. The van der Waals surface area contributed by atoms with Crippen molar-refractivity contribution in [3.8, 4) is 0 Å². The highest BCUT2D eigenvalue weighted by Gasteiger charge is 2.38. The van der Waals surface area contributed by atoms with Gasteiger partial charge in [0.25, 0.3) is 0 Å². The molecule has 0 aliphatic carbocycles. The van der Waals surface area contributed by atoms with Crippen LogP contribution in [-0.2, 0) is 16.4 Å². The lowest BCUT2D eigenvalue weighted by atomic mass is 9.77. The average molecular weight is 441 g/mol. The summed E-state index contributed by atoms with van der Waals surface area (Å²) in [6, 6.07) is 32.1. The number of aromatic nitrogens is 2. The van der Waals surface area contributed by atoms with Gasteiger partial charge in [-0.3, -0.25) is 0 Å². The molecular weight excluding hydrogens is 408 g/mol. The molecule has 0 N–H and O–H groups in total. The number of rotatable bonds is 9. The predicted molar refractivity (Wildman–Crippen MR) is 134 cm³/mol. The normalized spacial score (nSPS) is 12.1. The molecule has 3 nitrogen and oxygen atoms in total. The van der Waals surface area contributed by atoms with Gasteiger partial charge in [0.15, 0.2) is 8.32 Å². The first-order chi connectivity index (χ1) is 15.5. The first-order valence-corrected chi connectivity index (χ1v) is 14.7. The Morgan fingerprint density at radius 1 is 0.750 bits per heavy atom. The molecule has 0 bridgehead atoms. The second-order valence-electron chi connectivity index (χ2n) is 9.15. The van der Waals surface area contributed by atoms with Gasteiger partial charge < -0.3 is 8.99 Å². The molecule has 0 spiro atoms. The van der Waals surface area contributed by atoms with Gasteiger partial charge in [0.1, 0.15) is 5.54 Å². The summed E-state index contributed by atoms with van der Waals surface area (Å²) in [5.41, 5.74) is 4.23. The molecule has 4 rings (SSSR count). The van der Waals surface area contributed by atoms with E-state index in [0.29, 0.717) is 0 Å². The van der Waals surface area contributed by atoms with E-state index in [0.717, 1.165) is 25.1 Å². The molecule has 164 valence electrons. The average Bonchev–Trinajstić information content (AvgIpc) is 3.28. The summed E-state index contributed by atoms with van der Waals surface area (Å²) in [5.74, 6) is 0. The molecule has 0 atom stereocenters. The number of imidazole rings is 1. The van der Waals surface area contributed by atoms with Crippen LogP contribution in [0.5, 0.6) is 0 Å². The predicted octanol–water partition coefficient (Wildman–Crippen LogP) is 6.51. The Morgan fingerprint density at radius 3 is 1.66 bits per heavy atom. The van der Waals surface area contributed by atoms with Gasteiger partial charge in [-0.2, -0.15) is 0 Å². The van der Waals surface area contributed by atoms with Crippen molar-refractivity contribution >= 4 is 8.32 Å². The van der Waals surface area contributed by atoms with Gasteiger partial charge in [-0.25, -0.2) is 4.98 Å². The van der Waals surface area contributed by atoms with Crippen LogP contribution in [0, 0.1) is 0 Å². The Labute approximate surface area is 192 Å². The van der Waals surface area contributed by atoms with Crippen LogP contribution in [0.3, 0.4) is 0 Å². The first kappa shape index (κ1) is 22.2. The van der Waals surface area contributed by atoms with Crippen LogP contribution in [0.2, 0.25) is 19.6 Å². The summed E-state index contributed by atoms with van der Waals surface area (Å²) in [5, 5.41) is 0. The van der Waals surface area contributed by atoms with Crippen LogP contribution >= 0.6 is 0 Å². The lowest BCUT2D eigenvalue weighted by molar-refractivity contribution is 0.304. The fraction of sp³-hybridized carbons (Fsp3) is 0.250. The minimum atomic E-state index is -1.48. The monoisotopic (exact) mass is 440 g/mol. The maximum absolute atomic E-state index is 6.04. The highest BCUT2D eigenvalue weighted by molar-refractivity contribution is 6.69. The molecule has 0 saturated carbocycles. The number of benzene rings is 3. The zero-order valence-corrected chi connectivity index (χ0v) is 20.2. The van der Waals surface area contributed by atoms with E-state index in [1.807, 2.05) is 6.33 Å². The fourth-order valence-corrected chi connectivity index (χ4v) is 5.05. The summed E-state index contributed by atoms with van der Waals surface area (Å²) >= 11 is 0. The molecule has 32 heavy (non-hydrogen) atoms. The fourth-order valence-electron chi connectivity index (χ4n) is 4.29. The Hall–Kier alpha value is -2.95. The van der Waals surface area contributed by atoms with E-state index >= 15 is 0 Å². The highest BCUT2D eigenvalue weighted by Crippen LogP contribution is 2.40. The van der Waals surface area contributed by atoms with Crippen LogP contribution in [0.15, 0.2) is 104 Å². The van der Waals surface area contributed by atoms with E-state index in [-0.39, 0.29) is 0 Å². The van der Waals surface area contributed by atoms with Crippen LogP contribution in [-0.4, -0.2) is 24.5 Å². The van der Waals surface area contributed by atoms with Gasteiger partial charge in [-0.15, -0.1) is 0 Å². The number of hydrogen-bond acceptors (Lipinski definition) is 2. The molecule has 3 aromatic carbocycles. The SMILES string of the molecule is C[Si](C)(C)OCCCc1cn(C(c2ccccc2)(c2ccccc2)c2ccccc2)cn1.